The zero-order valence-electron chi connectivity index (χ0n) is 17.5. The average molecular weight is 440 g/mol. The normalized spacial score (nSPS) is 12.6. The van der Waals surface area contributed by atoms with Gasteiger partial charge in [-0.15, -0.1) is 0 Å². The third kappa shape index (κ3) is 4.08. The van der Waals surface area contributed by atoms with Crippen LogP contribution in [-0.2, 0) is 4.74 Å². The zero-order valence-corrected chi connectivity index (χ0v) is 17.5. The Balaban J connectivity index is 1.19. The van der Waals surface area contributed by atoms with E-state index >= 15 is 0 Å². The predicted octanol–water partition coefficient (Wildman–Crippen LogP) is 4.03. The molecule has 7 heteroatoms. The lowest BCUT2D eigenvalue weighted by Crippen LogP contribution is -2.26. The molecule has 1 aromatic heterocycles. The number of aromatic amines is 1. The molecule has 0 aliphatic heterocycles. The molecule has 0 radical (unpaired) electrons. The molecule has 0 fully saturated rings. The van der Waals surface area contributed by atoms with E-state index in [1.165, 1.54) is 11.1 Å². The summed E-state index contributed by atoms with van der Waals surface area (Å²) in [6, 6.07) is 21.3. The highest BCUT2D eigenvalue weighted by Gasteiger charge is 2.28. The Bertz CT molecular complexity index is 1450. The molecule has 2 N–H and O–H groups in total. The van der Waals surface area contributed by atoms with Crippen LogP contribution in [0.5, 0.6) is 0 Å². The molecular weight excluding hydrogens is 420 g/mol. The maximum Gasteiger partial charge on any atom is 0.419 e. The van der Waals surface area contributed by atoms with E-state index in [9.17, 15) is 14.4 Å². The standard InChI is InChI=1S/C26H20N2O5/c29-24-21-14-16(11-12-23(21)28-26(31)33-24)6-5-13-27-25(30)32-15-22-19-9-3-1-7-17(19)18-8-2-4-10-20(18)22/h1-12,14,22H,13,15H2,(H,27,30)(H,28,31). The fourth-order valence-corrected chi connectivity index (χ4v) is 4.20. The van der Waals surface area contributed by atoms with Gasteiger partial charge in [0.25, 0.3) is 0 Å². The van der Waals surface area contributed by atoms with Crippen LogP contribution in [-0.4, -0.2) is 24.2 Å². The summed E-state index contributed by atoms with van der Waals surface area (Å²) in [5.41, 5.74) is 5.13. The maximum absolute atomic E-state index is 12.2. The summed E-state index contributed by atoms with van der Waals surface area (Å²) < 4.78 is 10.1. The maximum atomic E-state index is 12.2. The van der Waals surface area contributed by atoms with E-state index in [0.29, 0.717) is 5.52 Å². The lowest BCUT2D eigenvalue weighted by molar-refractivity contribution is 0.144. The van der Waals surface area contributed by atoms with Crippen LogP contribution in [0.25, 0.3) is 28.1 Å². The number of amides is 1. The van der Waals surface area contributed by atoms with Crippen molar-refractivity contribution in [3.8, 4) is 11.1 Å². The van der Waals surface area contributed by atoms with Crippen LogP contribution in [0.2, 0.25) is 0 Å². The summed E-state index contributed by atoms with van der Waals surface area (Å²) in [6.07, 6.45) is 3.00. The van der Waals surface area contributed by atoms with Crippen molar-refractivity contribution >= 4 is 23.1 Å². The van der Waals surface area contributed by atoms with Gasteiger partial charge in [-0.25, -0.2) is 14.4 Å². The van der Waals surface area contributed by atoms with Gasteiger partial charge in [0, 0.05) is 12.5 Å². The molecule has 0 spiro atoms. The zero-order chi connectivity index (χ0) is 22.8. The molecule has 1 heterocycles. The first kappa shape index (κ1) is 20.5. The van der Waals surface area contributed by atoms with Gasteiger partial charge in [-0.1, -0.05) is 66.7 Å². The monoisotopic (exact) mass is 440 g/mol. The number of ether oxygens (including phenoxy) is 1. The minimum atomic E-state index is -0.789. The van der Waals surface area contributed by atoms with E-state index in [-0.39, 0.29) is 24.5 Å². The molecule has 0 bridgehead atoms. The van der Waals surface area contributed by atoms with Crippen molar-refractivity contribution in [2.24, 2.45) is 0 Å². The van der Waals surface area contributed by atoms with Crippen LogP contribution in [0, 0.1) is 0 Å². The van der Waals surface area contributed by atoms with Crippen LogP contribution in [0.1, 0.15) is 22.6 Å². The van der Waals surface area contributed by atoms with Crippen LogP contribution in [0.4, 0.5) is 4.79 Å². The van der Waals surface area contributed by atoms with E-state index in [1.54, 1.807) is 30.4 Å². The minimum Gasteiger partial charge on any atom is -0.449 e. The average Bonchev–Trinajstić information content (AvgIpc) is 3.14. The van der Waals surface area contributed by atoms with E-state index in [4.69, 9.17) is 4.74 Å². The number of carbonyl (C=O) groups excluding carboxylic acids is 1. The lowest BCUT2D eigenvalue weighted by atomic mass is 9.98. The van der Waals surface area contributed by atoms with Crippen molar-refractivity contribution in [3.63, 3.8) is 0 Å². The topological polar surface area (TPSA) is 101 Å². The van der Waals surface area contributed by atoms with Crippen molar-refractivity contribution < 1.29 is 13.9 Å². The Morgan fingerprint density at radius 2 is 1.70 bits per heavy atom. The van der Waals surface area contributed by atoms with Gasteiger partial charge in [-0.05, 0) is 39.9 Å². The lowest BCUT2D eigenvalue weighted by Gasteiger charge is -2.14. The molecular formula is C26H20N2O5. The number of fused-ring (bicyclic) bond motifs is 4. The number of nitrogens with one attached hydrogen (secondary N) is 2. The Kier molecular flexibility index (Phi) is 5.36. The Hall–Kier alpha value is -4.39. The first-order valence-corrected chi connectivity index (χ1v) is 10.5. The molecule has 1 aliphatic carbocycles. The molecule has 0 saturated heterocycles. The largest absolute Gasteiger partial charge is 0.449 e. The highest BCUT2D eigenvalue weighted by Crippen LogP contribution is 2.44. The first-order valence-electron chi connectivity index (χ1n) is 10.5. The van der Waals surface area contributed by atoms with Gasteiger partial charge in [0.15, 0.2) is 0 Å². The fourth-order valence-electron chi connectivity index (χ4n) is 4.20. The van der Waals surface area contributed by atoms with E-state index in [1.807, 2.05) is 24.3 Å². The molecule has 164 valence electrons. The van der Waals surface area contributed by atoms with Gasteiger partial charge in [-0.2, -0.15) is 0 Å². The van der Waals surface area contributed by atoms with Crippen molar-refractivity contribution in [3.05, 3.63) is 110 Å². The minimum absolute atomic E-state index is 0.00874. The van der Waals surface area contributed by atoms with Crippen LogP contribution in [0.15, 0.2) is 86.8 Å². The summed E-state index contributed by atoms with van der Waals surface area (Å²) in [7, 11) is 0. The number of H-pyrrole nitrogens is 1. The second-order valence-corrected chi connectivity index (χ2v) is 7.72. The number of hydrogen-bond acceptors (Lipinski definition) is 5. The summed E-state index contributed by atoms with van der Waals surface area (Å²) in [6.45, 7) is 0.511. The molecule has 3 aromatic carbocycles. The number of hydrogen-bond donors (Lipinski definition) is 2. The number of rotatable bonds is 5. The third-order valence-electron chi connectivity index (χ3n) is 5.70. The summed E-state index contributed by atoms with van der Waals surface area (Å²) in [5, 5.41) is 2.98. The van der Waals surface area contributed by atoms with Crippen LogP contribution < -0.4 is 16.7 Å². The Morgan fingerprint density at radius 1 is 1.00 bits per heavy atom. The third-order valence-corrected chi connectivity index (χ3v) is 5.70. The van der Waals surface area contributed by atoms with Gasteiger partial charge >= 0.3 is 17.5 Å². The Labute approximate surface area is 188 Å². The molecule has 0 saturated carbocycles. The van der Waals surface area contributed by atoms with E-state index < -0.39 is 17.5 Å². The smallest absolute Gasteiger partial charge is 0.419 e. The van der Waals surface area contributed by atoms with E-state index in [0.717, 1.165) is 16.7 Å². The number of benzene rings is 3. The highest BCUT2D eigenvalue weighted by molar-refractivity contribution is 5.80. The van der Waals surface area contributed by atoms with E-state index in [2.05, 4.69) is 39.0 Å². The predicted molar refractivity (Wildman–Crippen MR) is 125 cm³/mol. The summed E-state index contributed by atoms with van der Waals surface area (Å²) in [5.74, 6) is -0.780. The second kappa shape index (κ2) is 8.63. The van der Waals surface area contributed by atoms with Crippen LogP contribution in [0.3, 0.4) is 0 Å². The quantitative estimate of drug-likeness (QED) is 0.488. The summed E-state index contributed by atoms with van der Waals surface area (Å²) >= 11 is 0. The molecule has 0 atom stereocenters. The molecule has 5 rings (SSSR count). The summed E-state index contributed by atoms with van der Waals surface area (Å²) in [4.78, 5) is 37.8. The highest BCUT2D eigenvalue weighted by atomic mass is 16.5. The van der Waals surface area contributed by atoms with Crippen molar-refractivity contribution in [2.75, 3.05) is 13.2 Å². The molecule has 33 heavy (non-hydrogen) atoms. The van der Waals surface area contributed by atoms with Crippen molar-refractivity contribution in [1.82, 2.24) is 10.3 Å². The molecule has 1 amide bonds. The fraction of sp³-hybridized carbons (Fsp3) is 0.115. The molecule has 7 nitrogen and oxygen atoms in total. The van der Waals surface area contributed by atoms with Crippen LogP contribution >= 0.6 is 0 Å². The number of alkyl carbamates (subject to hydrolysis) is 1. The van der Waals surface area contributed by atoms with Gasteiger partial charge in [0.2, 0.25) is 0 Å². The first-order chi connectivity index (χ1) is 16.1. The Morgan fingerprint density at radius 3 is 2.42 bits per heavy atom. The second-order valence-electron chi connectivity index (χ2n) is 7.72. The van der Waals surface area contributed by atoms with Gasteiger partial charge in [0.1, 0.15) is 6.61 Å². The molecule has 1 aliphatic rings. The SMILES string of the molecule is O=C(NCC=Cc1ccc2[nH]c(=O)oc(=O)c2c1)OCC1c2ccccc2-c2ccccc21. The van der Waals surface area contributed by atoms with Gasteiger partial charge in [-0.3, -0.25) is 4.98 Å². The number of aromatic nitrogens is 1. The van der Waals surface area contributed by atoms with Crippen molar-refractivity contribution in [2.45, 2.75) is 5.92 Å². The number of carbonyl (C=O) groups is 1. The van der Waals surface area contributed by atoms with Gasteiger partial charge < -0.3 is 14.5 Å². The molecule has 4 aromatic rings. The van der Waals surface area contributed by atoms with Crippen molar-refractivity contribution in [1.29, 1.82) is 0 Å². The molecule has 0 unspecified atom stereocenters. The van der Waals surface area contributed by atoms with Gasteiger partial charge in [0.05, 0.1) is 10.9 Å².